The normalized spacial score (nSPS) is 19.3. The molecular weight excluding hydrogens is 594 g/mol. The molecule has 2 heterocycles. The summed E-state index contributed by atoms with van der Waals surface area (Å²) < 4.78 is 23.1. The summed E-state index contributed by atoms with van der Waals surface area (Å²) in [5.74, 6) is -0.857. The maximum Gasteiger partial charge on any atom is 0.422 e. The fourth-order valence-corrected chi connectivity index (χ4v) is 6.17. The van der Waals surface area contributed by atoms with Crippen molar-refractivity contribution in [1.29, 1.82) is 5.26 Å². The molecule has 1 aliphatic rings. The van der Waals surface area contributed by atoms with E-state index in [1.54, 1.807) is 0 Å². The van der Waals surface area contributed by atoms with Crippen LogP contribution >= 0.6 is 0 Å². The molecule has 0 spiro atoms. The summed E-state index contributed by atoms with van der Waals surface area (Å²) in [6, 6.07) is 2.02. The van der Waals surface area contributed by atoms with Gasteiger partial charge in [0.25, 0.3) is 0 Å². The zero-order valence-corrected chi connectivity index (χ0v) is 28.1. The van der Waals surface area contributed by atoms with Crippen molar-refractivity contribution >= 4 is 29.6 Å². The van der Waals surface area contributed by atoms with E-state index in [-0.39, 0.29) is 40.6 Å². The van der Waals surface area contributed by atoms with Gasteiger partial charge < -0.3 is 23.9 Å². The van der Waals surface area contributed by atoms with Crippen LogP contribution < -0.4 is 4.74 Å². The fourth-order valence-electron chi connectivity index (χ4n) is 6.17. The monoisotopic (exact) mass is 643 g/mol. The van der Waals surface area contributed by atoms with Gasteiger partial charge in [0.1, 0.15) is 29.1 Å². The molecule has 0 bridgehead atoms. The van der Waals surface area contributed by atoms with Crippen LogP contribution in [-0.2, 0) is 30.2 Å². The van der Waals surface area contributed by atoms with Crippen LogP contribution in [0.25, 0.3) is 5.65 Å². The summed E-state index contributed by atoms with van der Waals surface area (Å²) in [6.07, 6.45) is 8.86. The largest absolute Gasteiger partial charge is 0.458 e. The number of aromatic amines is 1. The minimum Gasteiger partial charge on any atom is -0.458 e. The lowest BCUT2D eigenvalue weighted by molar-refractivity contribution is -0.151. The number of ether oxygens (including phenoxy) is 4. The lowest BCUT2D eigenvalue weighted by Gasteiger charge is -2.40. The van der Waals surface area contributed by atoms with Gasteiger partial charge in [0.2, 0.25) is 5.88 Å². The van der Waals surface area contributed by atoms with Gasteiger partial charge in [-0.2, -0.15) is 14.9 Å². The molecule has 3 rings (SSSR count). The van der Waals surface area contributed by atoms with Crippen LogP contribution in [0.15, 0.2) is 0 Å². The molecule has 1 aliphatic carbocycles. The number of amides is 1. The highest BCUT2D eigenvalue weighted by atomic mass is 16.6. The third kappa shape index (κ3) is 9.47. The van der Waals surface area contributed by atoms with Crippen molar-refractivity contribution in [2.75, 3.05) is 13.5 Å². The van der Waals surface area contributed by atoms with Gasteiger partial charge in [0, 0.05) is 20.3 Å². The number of hydrogen-bond acceptors (Lipinski definition) is 10. The number of rotatable bonds is 16. The van der Waals surface area contributed by atoms with E-state index < -0.39 is 37.5 Å². The summed E-state index contributed by atoms with van der Waals surface area (Å²) in [6.45, 7) is 9.76. The molecule has 0 saturated heterocycles. The third-order valence-corrected chi connectivity index (χ3v) is 8.40. The van der Waals surface area contributed by atoms with Crippen LogP contribution in [-0.4, -0.2) is 63.1 Å². The molecule has 2 aromatic heterocycles. The Bertz CT molecular complexity index is 1360. The lowest BCUT2D eigenvalue weighted by Crippen LogP contribution is -2.40. The van der Waals surface area contributed by atoms with Crippen molar-refractivity contribution in [3.05, 3.63) is 17.0 Å². The number of nitrogens with zero attached hydrogens (tertiary/aromatic N) is 4. The van der Waals surface area contributed by atoms with Crippen LogP contribution in [0, 0.1) is 29.1 Å². The molecule has 254 valence electrons. The van der Waals surface area contributed by atoms with Gasteiger partial charge in [-0.25, -0.2) is 14.5 Å². The van der Waals surface area contributed by atoms with Crippen LogP contribution in [0.4, 0.5) is 4.79 Å². The fraction of sp³-hybridized carbons (Fsp3) is 0.697. The summed E-state index contributed by atoms with van der Waals surface area (Å²) in [5.41, 5.74) is -0.103. The Morgan fingerprint density at radius 2 is 1.52 bits per heavy atom. The molecule has 1 fully saturated rings. The first-order valence-corrected chi connectivity index (χ1v) is 16.5. The highest BCUT2D eigenvalue weighted by molar-refractivity contribution is 6.00. The van der Waals surface area contributed by atoms with Gasteiger partial charge in [-0.05, 0) is 49.9 Å². The minimum atomic E-state index is -1.09. The van der Waals surface area contributed by atoms with E-state index in [0.29, 0.717) is 18.2 Å². The Balaban J connectivity index is 2.04. The van der Waals surface area contributed by atoms with Crippen molar-refractivity contribution < 1.29 is 38.1 Å². The maximum atomic E-state index is 14.1. The molecule has 2 atom stereocenters. The number of aryl methyl sites for hydroxylation is 1. The quantitative estimate of drug-likeness (QED) is 0.125. The van der Waals surface area contributed by atoms with Gasteiger partial charge in [0.15, 0.2) is 19.1 Å². The molecule has 0 radical (unpaired) electrons. The van der Waals surface area contributed by atoms with Gasteiger partial charge in [-0.3, -0.25) is 9.59 Å². The number of carbonyl (C=O) groups excluding carboxylic acids is 4. The minimum absolute atomic E-state index is 0.0609. The van der Waals surface area contributed by atoms with Crippen LogP contribution in [0.1, 0.15) is 127 Å². The van der Waals surface area contributed by atoms with Crippen LogP contribution in [0.2, 0.25) is 0 Å². The lowest BCUT2D eigenvalue weighted by atomic mass is 9.70. The molecule has 0 aromatic carbocycles. The van der Waals surface area contributed by atoms with Crippen LogP contribution in [0.3, 0.4) is 0 Å². The molecule has 1 saturated carbocycles. The zero-order valence-electron chi connectivity index (χ0n) is 28.1. The first-order chi connectivity index (χ1) is 22.0. The summed E-state index contributed by atoms with van der Waals surface area (Å²) in [4.78, 5) is 54.3. The maximum absolute atomic E-state index is 14.1. The number of aromatic nitrogens is 3. The molecule has 46 heavy (non-hydrogen) atoms. The topological polar surface area (TPSA) is 165 Å². The van der Waals surface area contributed by atoms with Crippen molar-refractivity contribution in [1.82, 2.24) is 19.5 Å². The highest BCUT2D eigenvalue weighted by Gasteiger charge is 2.40. The Labute approximate surface area is 270 Å². The third-order valence-electron chi connectivity index (χ3n) is 8.40. The van der Waals surface area contributed by atoms with Gasteiger partial charge >= 0.3 is 24.0 Å². The number of esters is 3. The molecule has 2 aromatic rings. The number of H-pyrrole nitrogens is 1. The summed E-state index contributed by atoms with van der Waals surface area (Å²) in [5, 5.41) is 14.8. The summed E-state index contributed by atoms with van der Waals surface area (Å²) >= 11 is 0. The van der Waals surface area contributed by atoms with Crippen molar-refractivity contribution in [3.63, 3.8) is 0 Å². The van der Waals surface area contributed by atoms with Crippen molar-refractivity contribution in [2.24, 2.45) is 17.8 Å². The van der Waals surface area contributed by atoms with E-state index in [2.05, 4.69) is 30.9 Å². The van der Waals surface area contributed by atoms with Crippen molar-refractivity contribution in [2.45, 2.75) is 118 Å². The van der Waals surface area contributed by atoms with E-state index in [1.807, 2.05) is 13.0 Å². The second kappa shape index (κ2) is 17.6. The number of fused-ring (bicyclic) bond motifs is 1. The molecule has 2 unspecified atom stereocenters. The second-order valence-electron chi connectivity index (χ2n) is 12.3. The molecular formula is C33H49N5O8. The Hall–Kier alpha value is -4.08. The standard InChI is InChI=1S/C33H49N5O8/c1-7-10-13-24-16-21(4)17-25(14-11-8-2)29(24)45-32(41)28-26(18-34)31(38-30(28)35-27(36-38)15-12-9-3)46-33(42)37(19-43-22(5)39)20-44-23(6)40/h21,24-25,29H,7-17,19-20H2,1-6H3,(H,35,36). The molecule has 13 nitrogen and oxygen atoms in total. The first kappa shape index (κ1) is 36.4. The SMILES string of the molecule is CCCCc1nn2c(OC(=O)N(COC(C)=O)COC(C)=O)c(C#N)c(C(=O)OC3C(CCCC)CC(C)CC3CCCC)c2[nH]1. The van der Waals surface area contributed by atoms with Gasteiger partial charge in [-0.1, -0.05) is 59.8 Å². The molecule has 0 aliphatic heterocycles. The number of carbonyl (C=O) groups is 4. The average Bonchev–Trinajstić information content (AvgIpc) is 3.54. The predicted octanol–water partition coefficient (Wildman–Crippen LogP) is 6.29. The molecule has 1 amide bonds. The zero-order chi connectivity index (χ0) is 33.8. The van der Waals surface area contributed by atoms with Crippen molar-refractivity contribution in [3.8, 4) is 11.9 Å². The predicted molar refractivity (Wildman–Crippen MR) is 168 cm³/mol. The van der Waals surface area contributed by atoms with E-state index >= 15 is 0 Å². The van der Waals surface area contributed by atoms with E-state index in [9.17, 15) is 24.4 Å². The van der Waals surface area contributed by atoms with Crippen LogP contribution in [0.5, 0.6) is 5.88 Å². The number of unbranched alkanes of at least 4 members (excludes halogenated alkanes) is 3. The number of hydrogen-bond donors (Lipinski definition) is 1. The Morgan fingerprint density at radius 1 is 0.957 bits per heavy atom. The van der Waals surface area contributed by atoms with Gasteiger partial charge in [-0.15, -0.1) is 0 Å². The molecule has 13 heteroatoms. The second-order valence-corrected chi connectivity index (χ2v) is 12.3. The highest BCUT2D eigenvalue weighted by Crippen LogP contribution is 2.41. The average molecular weight is 644 g/mol. The number of nitrogens with one attached hydrogen (secondary N) is 1. The van der Waals surface area contributed by atoms with Gasteiger partial charge in [0.05, 0.1) is 0 Å². The van der Waals surface area contributed by atoms with E-state index in [1.165, 1.54) is 4.52 Å². The van der Waals surface area contributed by atoms with E-state index in [0.717, 1.165) is 83.0 Å². The summed E-state index contributed by atoms with van der Waals surface area (Å²) in [7, 11) is 0. The Morgan fingerprint density at radius 3 is 2.02 bits per heavy atom. The Kier molecular flexibility index (Phi) is 13.9. The van der Waals surface area contributed by atoms with E-state index in [4.69, 9.17) is 18.9 Å². The number of nitriles is 1. The molecule has 1 N–H and O–H groups in total. The first-order valence-electron chi connectivity index (χ1n) is 16.5. The smallest absolute Gasteiger partial charge is 0.422 e.